The van der Waals surface area contributed by atoms with E-state index in [2.05, 4.69) is 5.32 Å². The van der Waals surface area contributed by atoms with Gasteiger partial charge in [0.1, 0.15) is 11.5 Å². The maximum absolute atomic E-state index is 12.3. The van der Waals surface area contributed by atoms with Crippen molar-refractivity contribution in [1.29, 1.82) is 0 Å². The molecular weight excluding hydrogens is 320 g/mol. The summed E-state index contributed by atoms with van der Waals surface area (Å²) in [5.74, 6) is 1.21. The molecular formula is C19H22N2O4. The van der Waals surface area contributed by atoms with Gasteiger partial charge in [-0.05, 0) is 37.6 Å². The van der Waals surface area contributed by atoms with Gasteiger partial charge in [0.25, 0.3) is 5.91 Å². The first-order valence-electron chi connectivity index (χ1n) is 8.36. The molecule has 0 bridgehead atoms. The Morgan fingerprint density at radius 2 is 1.80 bits per heavy atom. The zero-order chi connectivity index (χ0) is 17.8. The number of nitrogens with one attached hydrogen (secondary N) is 1. The van der Waals surface area contributed by atoms with E-state index in [1.54, 1.807) is 13.0 Å². The van der Waals surface area contributed by atoms with Crippen LogP contribution in [-0.4, -0.2) is 43.0 Å². The van der Waals surface area contributed by atoms with Gasteiger partial charge in [0.15, 0.2) is 0 Å². The van der Waals surface area contributed by atoms with E-state index in [9.17, 15) is 9.59 Å². The number of hydrogen-bond donors (Lipinski definition) is 1. The number of hydrogen-bond acceptors (Lipinski definition) is 4. The molecule has 132 valence electrons. The molecule has 2 amide bonds. The lowest BCUT2D eigenvalue weighted by Gasteiger charge is -2.26. The van der Waals surface area contributed by atoms with Gasteiger partial charge in [-0.15, -0.1) is 0 Å². The molecule has 1 saturated heterocycles. The van der Waals surface area contributed by atoms with E-state index in [0.29, 0.717) is 55.5 Å². The maximum atomic E-state index is 12.3. The molecule has 0 atom stereocenters. The smallest absolute Gasteiger partial charge is 0.259 e. The molecule has 3 rings (SSSR count). The number of aryl methyl sites for hydroxylation is 2. The summed E-state index contributed by atoms with van der Waals surface area (Å²) < 4.78 is 10.6. The molecule has 2 aromatic rings. The topological polar surface area (TPSA) is 71.8 Å². The molecule has 6 heteroatoms. The third kappa shape index (κ3) is 4.28. The van der Waals surface area contributed by atoms with Crippen molar-refractivity contribution in [2.24, 2.45) is 0 Å². The highest BCUT2D eigenvalue weighted by molar-refractivity contribution is 6.05. The van der Waals surface area contributed by atoms with E-state index in [0.717, 1.165) is 5.56 Å². The first-order valence-corrected chi connectivity index (χ1v) is 8.36. The molecule has 1 aliphatic heterocycles. The summed E-state index contributed by atoms with van der Waals surface area (Å²) in [5, 5.41) is 2.85. The summed E-state index contributed by atoms with van der Waals surface area (Å²) in [7, 11) is 0. The molecule has 1 N–H and O–H groups in total. The summed E-state index contributed by atoms with van der Waals surface area (Å²) in [6, 6.07) is 9.06. The lowest BCUT2D eigenvalue weighted by Crippen LogP contribution is -2.41. The fourth-order valence-corrected chi connectivity index (χ4v) is 2.86. The Hall–Kier alpha value is -2.60. The van der Waals surface area contributed by atoms with Gasteiger partial charge < -0.3 is 19.4 Å². The lowest BCUT2D eigenvalue weighted by atomic mass is 10.1. The number of carbonyl (C=O) groups excluding carboxylic acids is 2. The molecule has 0 saturated carbocycles. The minimum absolute atomic E-state index is 0.101. The monoisotopic (exact) mass is 342 g/mol. The Labute approximate surface area is 146 Å². The highest BCUT2D eigenvalue weighted by Gasteiger charge is 2.17. The molecule has 25 heavy (non-hydrogen) atoms. The molecule has 0 spiro atoms. The lowest BCUT2D eigenvalue weighted by molar-refractivity contribution is -0.134. The standard InChI is InChI=1S/C19H22N2O4/c1-13-11-17(14(2)25-13)19(23)20-16-5-3-15(4-6-16)12-18(22)21-7-9-24-10-8-21/h3-6,11H,7-10,12H2,1-2H3,(H,20,23). The molecule has 1 aromatic carbocycles. The second-order valence-electron chi connectivity index (χ2n) is 6.15. The van der Waals surface area contributed by atoms with E-state index in [4.69, 9.17) is 9.15 Å². The van der Waals surface area contributed by atoms with E-state index < -0.39 is 0 Å². The largest absolute Gasteiger partial charge is 0.466 e. The second-order valence-corrected chi connectivity index (χ2v) is 6.15. The molecule has 0 unspecified atom stereocenters. The van der Waals surface area contributed by atoms with E-state index >= 15 is 0 Å². The van der Waals surface area contributed by atoms with Crippen LogP contribution in [-0.2, 0) is 16.0 Å². The summed E-state index contributed by atoms with van der Waals surface area (Å²) in [6.07, 6.45) is 0.355. The van der Waals surface area contributed by atoms with Crippen LogP contribution in [0.3, 0.4) is 0 Å². The van der Waals surface area contributed by atoms with Crippen molar-refractivity contribution in [1.82, 2.24) is 4.90 Å². The van der Waals surface area contributed by atoms with Crippen LogP contribution >= 0.6 is 0 Å². The zero-order valence-corrected chi connectivity index (χ0v) is 14.5. The van der Waals surface area contributed by atoms with Crippen LogP contribution in [0.15, 0.2) is 34.7 Å². The van der Waals surface area contributed by atoms with Crippen LogP contribution in [0.25, 0.3) is 0 Å². The van der Waals surface area contributed by atoms with Gasteiger partial charge in [0.05, 0.1) is 25.2 Å². The Morgan fingerprint density at radius 1 is 1.12 bits per heavy atom. The Balaban J connectivity index is 1.59. The van der Waals surface area contributed by atoms with Gasteiger partial charge in [0.2, 0.25) is 5.91 Å². The van der Waals surface area contributed by atoms with Gasteiger partial charge in [-0.25, -0.2) is 0 Å². The van der Waals surface area contributed by atoms with Crippen LogP contribution in [0.1, 0.15) is 27.4 Å². The molecule has 2 heterocycles. The van der Waals surface area contributed by atoms with Crippen molar-refractivity contribution in [2.45, 2.75) is 20.3 Å². The highest BCUT2D eigenvalue weighted by atomic mass is 16.5. The van der Waals surface area contributed by atoms with Gasteiger partial charge in [-0.3, -0.25) is 9.59 Å². The van der Waals surface area contributed by atoms with E-state index in [-0.39, 0.29) is 11.8 Å². The Kier molecular flexibility index (Phi) is 5.19. The van der Waals surface area contributed by atoms with Crippen molar-refractivity contribution in [3.05, 3.63) is 53.0 Å². The normalized spacial score (nSPS) is 14.4. The minimum atomic E-state index is -0.202. The maximum Gasteiger partial charge on any atom is 0.259 e. The molecule has 0 radical (unpaired) electrons. The minimum Gasteiger partial charge on any atom is -0.466 e. The number of ether oxygens (including phenoxy) is 1. The quantitative estimate of drug-likeness (QED) is 0.927. The van der Waals surface area contributed by atoms with Crippen LogP contribution in [0.2, 0.25) is 0 Å². The molecule has 1 aromatic heterocycles. The molecule has 1 fully saturated rings. The van der Waals surface area contributed by atoms with Gasteiger partial charge in [0, 0.05) is 18.8 Å². The van der Waals surface area contributed by atoms with Crippen LogP contribution in [0.5, 0.6) is 0 Å². The SMILES string of the molecule is Cc1cc(C(=O)Nc2ccc(CC(=O)N3CCOCC3)cc2)c(C)o1. The number of morpholine rings is 1. The number of furan rings is 1. The Morgan fingerprint density at radius 3 is 2.40 bits per heavy atom. The number of carbonyl (C=O) groups is 2. The number of rotatable bonds is 4. The molecule has 1 aliphatic rings. The number of amides is 2. The molecule has 0 aliphatic carbocycles. The highest BCUT2D eigenvalue weighted by Crippen LogP contribution is 2.17. The number of anilines is 1. The third-order valence-electron chi connectivity index (χ3n) is 4.22. The zero-order valence-electron chi connectivity index (χ0n) is 14.5. The average Bonchev–Trinajstić information content (AvgIpc) is 2.96. The summed E-state index contributed by atoms with van der Waals surface area (Å²) >= 11 is 0. The summed E-state index contributed by atoms with van der Waals surface area (Å²) in [5.41, 5.74) is 2.14. The van der Waals surface area contributed by atoms with Gasteiger partial charge >= 0.3 is 0 Å². The number of benzene rings is 1. The van der Waals surface area contributed by atoms with Crippen LogP contribution in [0.4, 0.5) is 5.69 Å². The third-order valence-corrected chi connectivity index (χ3v) is 4.22. The van der Waals surface area contributed by atoms with Crippen molar-refractivity contribution in [2.75, 3.05) is 31.6 Å². The van der Waals surface area contributed by atoms with Crippen molar-refractivity contribution in [3.63, 3.8) is 0 Å². The second kappa shape index (κ2) is 7.53. The summed E-state index contributed by atoms with van der Waals surface area (Å²) in [4.78, 5) is 26.3. The fraction of sp³-hybridized carbons (Fsp3) is 0.368. The Bertz CT molecular complexity index is 758. The van der Waals surface area contributed by atoms with Gasteiger partial charge in [-0.1, -0.05) is 12.1 Å². The van der Waals surface area contributed by atoms with E-state index in [1.165, 1.54) is 0 Å². The molecule has 6 nitrogen and oxygen atoms in total. The summed E-state index contributed by atoms with van der Waals surface area (Å²) in [6.45, 7) is 6.08. The predicted octanol–water partition coefficient (Wildman–Crippen LogP) is 2.55. The van der Waals surface area contributed by atoms with Crippen LogP contribution in [0, 0.1) is 13.8 Å². The predicted molar refractivity (Wildman–Crippen MR) is 93.7 cm³/mol. The van der Waals surface area contributed by atoms with Crippen LogP contribution < -0.4 is 5.32 Å². The number of nitrogens with zero attached hydrogens (tertiary/aromatic N) is 1. The van der Waals surface area contributed by atoms with Crippen molar-refractivity contribution >= 4 is 17.5 Å². The first-order chi connectivity index (χ1) is 12.0. The van der Waals surface area contributed by atoms with Crippen molar-refractivity contribution in [3.8, 4) is 0 Å². The van der Waals surface area contributed by atoms with Crippen molar-refractivity contribution < 1.29 is 18.7 Å². The van der Waals surface area contributed by atoms with Gasteiger partial charge in [-0.2, -0.15) is 0 Å². The fourth-order valence-electron chi connectivity index (χ4n) is 2.86. The first kappa shape index (κ1) is 17.2. The average molecular weight is 342 g/mol. The van der Waals surface area contributed by atoms with E-state index in [1.807, 2.05) is 36.1 Å².